The predicted molar refractivity (Wildman–Crippen MR) is 151 cm³/mol. The van der Waals surface area contributed by atoms with Gasteiger partial charge in [0, 0.05) is 61.9 Å². The molecule has 4 rings (SSSR count). The second-order valence-electron chi connectivity index (χ2n) is 9.95. The number of halogens is 4. The third-order valence-electron chi connectivity index (χ3n) is 6.59. The first-order valence-electron chi connectivity index (χ1n) is 13.4. The second-order valence-corrected chi connectivity index (χ2v) is 9.95. The molecule has 1 amide bonds. The lowest BCUT2D eigenvalue weighted by molar-refractivity contribution is -0.192. The fourth-order valence-electron chi connectivity index (χ4n) is 4.48. The summed E-state index contributed by atoms with van der Waals surface area (Å²) < 4.78 is 46.5. The van der Waals surface area contributed by atoms with Crippen molar-refractivity contribution in [1.82, 2.24) is 15.5 Å². The van der Waals surface area contributed by atoms with Crippen LogP contribution in [0.15, 0.2) is 66.7 Å². The molecule has 1 atom stereocenters. The minimum absolute atomic E-state index is 0.00322. The highest BCUT2D eigenvalue weighted by atomic mass is 19.4. The van der Waals surface area contributed by atoms with Gasteiger partial charge in [-0.25, -0.2) is 9.18 Å². The summed E-state index contributed by atoms with van der Waals surface area (Å²) in [7, 11) is 0. The first-order chi connectivity index (χ1) is 19.9. The molecular weight excluding hydrogens is 554 g/mol. The minimum atomic E-state index is -5.08. The molecule has 42 heavy (non-hydrogen) atoms. The van der Waals surface area contributed by atoms with Gasteiger partial charge in [0.15, 0.2) is 5.78 Å². The van der Waals surface area contributed by atoms with E-state index in [0.29, 0.717) is 29.2 Å². The smallest absolute Gasteiger partial charge is 0.475 e. The Hall–Kier alpha value is -4.09. The highest BCUT2D eigenvalue weighted by Gasteiger charge is 2.38. The molecule has 3 aromatic rings. The molecular formula is C31H33F4N3O4. The number of ketones is 1. The molecule has 3 N–H and O–H groups in total. The molecule has 0 spiro atoms. The number of benzene rings is 3. The molecule has 224 valence electrons. The molecule has 0 unspecified atom stereocenters. The Balaban J connectivity index is 0.000000616. The standard InChI is InChI=1S/C29H32FN3O2.C2HF3O2/c1-3-28(34)24-8-5-9-25(16-24)29(35)32-17-21-10-11-27(30)26(15-21)23-7-4-6-22(14-23)19-33-13-12-31-20(2)18-33;3-2(4,5)1(6)7/h4-11,14-16,20,31H,3,12-13,17-19H2,1-2H3,(H,32,35);(H,6,7)/t20-;/m0./s1. The summed E-state index contributed by atoms with van der Waals surface area (Å²) in [4.78, 5) is 35.9. The number of carbonyl (C=O) groups excluding carboxylic acids is 2. The van der Waals surface area contributed by atoms with Gasteiger partial charge < -0.3 is 15.7 Å². The lowest BCUT2D eigenvalue weighted by Crippen LogP contribution is -2.48. The summed E-state index contributed by atoms with van der Waals surface area (Å²) in [6.07, 6.45) is -4.70. The predicted octanol–water partition coefficient (Wildman–Crippen LogP) is 5.44. The van der Waals surface area contributed by atoms with E-state index < -0.39 is 12.1 Å². The van der Waals surface area contributed by atoms with E-state index in [1.54, 1.807) is 43.3 Å². The molecule has 0 bridgehead atoms. The Morgan fingerprint density at radius 2 is 1.69 bits per heavy atom. The van der Waals surface area contributed by atoms with Crippen molar-refractivity contribution < 1.29 is 37.1 Å². The van der Waals surface area contributed by atoms with E-state index in [9.17, 15) is 27.2 Å². The number of carbonyl (C=O) groups is 3. The molecule has 1 aliphatic rings. The third kappa shape index (κ3) is 9.49. The number of nitrogens with zero attached hydrogens (tertiary/aromatic N) is 1. The quantitative estimate of drug-likeness (QED) is 0.240. The van der Waals surface area contributed by atoms with Crippen molar-refractivity contribution in [1.29, 1.82) is 0 Å². The number of carboxylic acid groups (broad SMARTS) is 1. The molecule has 0 radical (unpaired) electrons. The van der Waals surface area contributed by atoms with Gasteiger partial charge in [-0.1, -0.05) is 43.3 Å². The summed E-state index contributed by atoms with van der Waals surface area (Å²) in [5.74, 6) is -3.32. The van der Waals surface area contributed by atoms with Crippen LogP contribution in [0.3, 0.4) is 0 Å². The Kier molecular flexibility index (Phi) is 11.3. The van der Waals surface area contributed by atoms with E-state index in [2.05, 4.69) is 28.5 Å². The topological polar surface area (TPSA) is 98.7 Å². The van der Waals surface area contributed by atoms with Crippen LogP contribution < -0.4 is 10.6 Å². The molecule has 1 saturated heterocycles. The van der Waals surface area contributed by atoms with E-state index in [1.807, 2.05) is 18.2 Å². The van der Waals surface area contributed by atoms with Crippen LogP contribution in [-0.4, -0.2) is 59.5 Å². The lowest BCUT2D eigenvalue weighted by atomic mass is 10.00. The average molecular weight is 588 g/mol. The lowest BCUT2D eigenvalue weighted by Gasteiger charge is -2.31. The van der Waals surface area contributed by atoms with Crippen LogP contribution in [-0.2, 0) is 17.9 Å². The maximum absolute atomic E-state index is 14.8. The number of aliphatic carboxylic acids is 1. The van der Waals surface area contributed by atoms with Gasteiger partial charge in [0.25, 0.3) is 5.91 Å². The van der Waals surface area contributed by atoms with Crippen molar-refractivity contribution >= 4 is 17.7 Å². The van der Waals surface area contributed by atoms with Crippen LogP contribution in [0.5, 0.6) is 0 Å². The monoisotopic (exact) mass is 587 g/mol. The van der Waals surface area contributed by atoms with Gasteiger partial charge in [0.05, 0.1) is 0 Å². The summed E-state index contributed by atoms with van der Waals surface area (Å²) in [5, 5.41) is 13.5. The van der Waals surface area contributed by atoms with Crippen LogP contribution in [0.4, 0.5) is 17.6 Å². The van der Waals surface area contributed by atoms with Crippen molar-refractivity contribution in [2.45, 2.75) is 45.6 Å². The van der Waals surface area contributed by atoms with Crippen LogP contribution in [0.2, 0.25) is 0 Å². The SMILES string of the molecule is CCC(=O)c1cccc(C(=O)NCc2ccc(F)c(-c3cccc(CN4CCN[C@@H](C)C4)c3)c2)c1.O=C(O)C(F)(F)F. The Labute approximate surface area is 241 Å². The van der Waals surface area contributed by atoms with Crippen LogP contribution in [0, 0.1) is 5.82 Å². The van der Waals surface area contributed by atoms with Crippen molar-refractivity contribution in [3.63, 3.8) is 0 Å². The van der Waals surface area contributed by atoms with Crippen molar-refractivity contribution in [3.05, 3.63) is 94.8 Å². The number of nitrogens with one attached hydrogen (secondary N) is 2. The summed E-state index contributed by atoms with van der Waals surface area (Å²) in [5.41, 5.74) is 4.25. The molecule has 1 aliphatic heterocycles. The third-order valence-corrected chi connectivity index (χ3v) is 6.59. The summed E-state index contributed by atoms with van der Waals surface area (Å²) >= 11 is 0. The van der Waals surface area contributed by atoms with Gasteiger partial charge in [0.1, 0.15) is 5.82 Å². The molecule has 1 heterocycles. The normalized spacial score (nSPS) is 15.3. The van der Waals surface area contributed by atoms with Gasteiger partial charge >= 0.3 is 12.1 Å². The van der Waals surface area contributed by atoms with Gasteiger partial charge in [-0.2, -0.15) is 13.2 Å². The van der Waals surface area contributed by atoms with E-state index in [0.717, 1.165) is 42.9 Å². The Morgan fingerprint density at radius 1 is 1.00 bits per heavy atom. The average Bonchev–Trinajstić information content (AvgIpc) is 2.96. The second kappa shape index (κ2) is 14.7. The number of piperazine rings is 1. The zero-order valence-corrected chi connectivity index (χ0v) is 23.3. The molecule has 0 aliphatic carbocycles. The minimum Gasteiger partial charge on any atom is -0.475 e. The molecule has 0 aromatic heterocycles. The Morgan fingerprint density at radius 3 is 2.36 bits per heavy atom. The van der Waals surface area contributed by atoms with E-state index in [1.165, 1.54) is 6.07 Å². The van der Waals surface area contributed by atoms with Gasteiger partial charge in [-0.05, 0) is 53.9 Å². The Bertz CT molecular complexity index is 1410. The van der Waals surface area contributed by atoms with Crippen molar-refractivity contribution in [2.75, 3.05) is 19.6 Å². The number of hydrogen-bond acceptors (Lipinski definition) is 5. The fraction of sp³-hybridized carbons (Fsp3) is 0.323. The summed E-state index contributed by atoms with van der Waals surface area (Å²) in [6.45, 7) is 8.03. The molecule has 3 aromatic carbocycles. The maximum Gasteiger partial charge on any atom is 0.490 e. The number of carboxylic acids is 1. The van der Waals surface area contributed by atoms with Crippen LogP contribution >= 0.6 is 0 Å². The largest absolute Gasteiger partial charge is 0.490 e. The van der Waals surface area contributed by atoms with Crippen LogP contribution in [0.25, 0.3) is 11.1 Å². The van der Waals surface area contributed by atoms with Gasteiger partial charge in [0.2, 0.25) is 0 Å². The number of rotatable bonds is 8. The molecule has 0 saturated carbocycles. The van der Waals surface area contributed by atoms with E-state index in [-0.39, 0.29) is 24.1 Å². The molecule has 7 nitrogen and oxygen atoms in total. The van der Waals surface area contributed by atoms with Crippen molar-refractivity contribution in [3.8, 4) is 11.1 Å². The van der Waals surface area contributed by atoms with E-state index in [4.69, 9.17) is 9.90 Å². The zero-order chi connectivity index (χ0) is 30.9. The number of Topliss-reactive ketones (excluding diaryl/α,β-unsaturated/α-hetero) is 1. The van der Waals surface area contributed by atoms with Gasteiger partial charge in [-0.3, -0.25) is 14.5 Å². The fourth-order valence-corrected chi connectivity index (χ4v) is 4.48. The highest BCUT2D eigenvalue weighted by molar-refractivity contribution is 6.00. The number of hydrogen-bond donors (Lipinski definition) is 3. The zero-order valence-electron chi connectivity index (χ0n) is 23.3. The molecule has 11 heteroatoms. The first kappa shape index (κ1) is 32.4. The van der Waals surface area contributed by atoms with Gasteiger partial charge in [-0.15, -0.1) is 0 Å². The highest BCUT2D eigenvalue weighted by Crippen LogP contribution is 2.26. The summed E-state index contributed by atoms with van der Waals surface area (Å²) in [6, 6.07) is 20.1. The van der Waals surface area contributed by atoms with Crippen LogP contribution in [0.1, 0.15) is 52.1 Å². The number of alkyl halides is 3. The number of amides is 1. The van der Waals surface area contributed by atoms with Crippen molar-refractivity contribution in [2.24, 2.45) is 0 Å². The first-order valence-corrected chi connectivity index (χ1v) is 13.4. The molecule has 1 fully saturated rings. The van der Waals surface area contributed by atoms with E-state index >= 15 is 0 Å². The maximum atomic E-state index is 14.8.